The number of unbranched alkanes of at least 4 members (excludes halogenated alkanes) is 8. The van der Waals surface area contributed by atoms with Gasteiger partial charge in [-0.2, -0.15) is 5.10 Å². The monoisotopic (exact) mass is 344 g/mol. The van der Waals surface area contributed by atoms with Crippen molar-refractivity contribution < 1.29 is 4.79 Å². The summed E-state index contributed by atoms with van der Waals surface area (Å²) in [7, 11) is 0. The molecule has 1 aromatic carbocycles. The highest BCUT2D eigenvalue weighted by Crippen LogP contribution is 2.11. The van der Waals surface area contributed by atoms with Crippen molar-refractivity contribution in [2.24, 2.45) is 5.10 Å². The van der Waals surface area contributed by atoms with Crippen molar-refractivity contribution in [2.45, 2.75) is 91.9 Å². The van der Waals surface area contributed by atoms with E-state index in [1.165, 1.54) is 56.1 Å². The Morgan fingerprint density at radius 1 is 0.920 bits per heavy atom. The molecule has 0 spiro atoms. The van der Waals surface area contributed by atoms with Crippen LogP contribution in [0.25, 0.3) is 0 Å². The van der Waals surface area contributed by atoms with Crippen LogP contribution in [0, 0.1) is 13.8 Å². The summed E-state index contributed by atoms with van der Waals surface area (Å²) in [4.78, 5) is 11.9. The van der Waals surface area contributed by atoms with E-state index in [1.54, 1.807) is 0 Å². The van der Waals surface area contributed by atoms with Gasteiger partial charge in [0.25, 0.3) is 0 Å². The molecule has 0 bridgehead atoms. The van der Waals surface area contributed by atoms with E-state index in [4.69, 9.17) is 0 Å². The molecule has 0 fully saturated rings. The molecule has 0 saturated carbocycles. The number of amides is 1. The third-order valence-electron chi connectivity index (χ3n) is 4.78. The second-order valence-corrected chi connectivity index (χ2v) is 7.11. The first-order valence-corrected chi connectivity index (χ1v) is 9.95. The summed E-state index contributed by atoms with van der Waals surface area (Å²) in [5.41, 5.74) is 7.11. The lowest BCUT2D eigenvalue weighted by Crippen LogP contribution is -2.18. The highest BCUT2D eigenvalue weighted by Gasteiger charge is 2.03. The van der Waals surface area contributed by atoms with Gasteiger partial charge in [-0.25, -0.2) is 5.43 Å². The summed E-state index contributed by atoms with van der Waals surface area (Å²) in [5, 5.41) is 4.24. The number of hydrazone groups is 1. The van der Waals surface area contributed by atoms with Crippen LogP contribution >= 0.6 is 0 Å². The zero-order valence-electron chi connectivity index (χ0n) is 16.7. The van der Waals surface area contributed by atoms with Gasteiger partial charge in [-0.15, -0.1) is 0 Å². The lowest BCUT2D eigenvalue weighted by atomic mass is 10.0. The smallest absolute Gasteiger partial charge is 0.240 e. The standard InChI is InChI=1S/C22H36N2O/c1-5-6-7-8-9-10-11-12-13-14-22(25)24-23-20(4)21-16-15-18(2)19(3)17-21/h15-17H,5-14H2,1-4H3,(H,24,25)/b23-20+. The molecular weight excluding hydrogens is 308 g/mol. The highest BCUT2D eigenvalue weighted by atomic mass is 16.2. The van der Waals surface area contributed by atoms with Crippen LogP contribution in [0.4, 0.5) is 0 Å². The molecule has 1 rings (SSSR count). The molecule has 1 aromatic rings. The van der Waals surface area contributed by atoms with Crippen LogP contribution in [0.15, 0.2) is 23.3 Å². The van der Waals surface area contributed by atoms with Crippen molar-refractivity contribution >= 4 is 11.6 Å². The van der Waals surface area contributed by atoms with Crippen molar-refractivity contribution in [1.82, 2.24) is 5.43 Å². The molecule has 0 heterocycles. The van der Waals surface area contributed by atoms with Gasteiger partial charge in [0, 0.05) is 6.42 Å². The van der Waals surface area contributed by atoms with E-state index in [1.807, 2.05) is 13.0 Å². The van der Waals surface area contributed by atoms with Crippen molar-refractivity contribution in [3.8, 4) is 0 Å². The van der Waals surface area contributed by atoms with Gasteiger partial charge in [0.15, 0.2) is 0 Å². The lowest BCUT2D eigenvalue weighted by Gasteiger charge is -2.06. The molecular formula is C22H36N2O. The minimum absolute atomic E-state index is 0.0196. The summed E-state index contributed by atoms with van der Waals surface area (Å²) < 4.78 is 0. The number of hydrogen-bond donors (Lipinski definition) is 1. The average molecular weight is 345 g/mol. The fraction of sp³-hybridized carbons (Fsp3) is 0.636. The van der Waals surface area contributed by atoms with Gasteiger partial charge in [0.2, 0.25) is 5.91 Å². The molecule has 1 N–H and O–H groups in total. The van der Waals surface area contributed by atoms with E-state index in [-0.39, 0.29) is 5.91 Å². The summed E-state index contributed by atoms with van der Waals surface area (Å²) in [5.74, 6) is 0.0196. The van der Waals surface area contributed by atoms with Crippen molar-refractivity contribution in [3.05, 3.63) is 34.9 Å². The number of rotatable bonds is 12. The molecule has 0 aliphatic rings. The average Bonchev–Trinajstić information content (AvgIpc) is 2.60. The maximum Gasteiger partial charge on any atom is 0.240 e. The van der Waals surface area contributed by atoms with Gasteiger partial charge < -0.3 is 0 Å². The molecule has 3 nitrogen and oxygen atoms in total. The molecule has 1 amide bonds. The molecule has 0 atom stereocenters. The Morgan fingerprint density at radius 3 is 2.12 bits per heavy atom. The molecule has 0 aliphatic carbocycles. The Balaban J connectivity index is 2.16. The predicted molar refractivity (Wildman–Crippen MR) is 108 cm³/mol. The molecule has 3 heteroatoms. The Hall–Kier alpha value is -1.64. The lowest BCUT2D eigenvalue weighted by molar-refractivity contribution is -0.121. The van der Waals surface area contributed by atoms with Gasteiger partial charge in [-0.3, -0.25) is 4.79 Å². The number of benzene rings is 1. The number of carbonyl (C=O) groups is 1. The normalized spacial score (nSPS) is 11.6. The maximum atomic E-state index is 11.9. The van der Waals surface area contributed by atoms with E-state index in [2.05, 4.69) is 43.4 Å². The van der Waals surface area contributed by atoms with Crippen molar-refractivity contribution in [2.75, 3.05) is 0 Å². The molecule has 0 radical (unpaired) electrons. The van der Waals surface area contributed by atoms with Crippen LogP contribution in [0.3, 0.4) is 0 Å². The third-order valence-corrected chi connectivity index (χ3v) is 4.78. The first-order valence-electron chi connectivity index (χ1n) is 9.95. The van der Waals surface area contributed by atoms with Crippen LogP contribution in [-0.4, -0.2) is 11.6 Å². The topological polar surface area (TPSA) is 41.5 Å². The van der Waals surface area contributed by atoms with Gasteiger partial charge in [-0.1, -0.05) is 70.4 Å². The summed E-state index contributed by atoms with van der Waals surface area (Å²) in [6, 6.07) is 6.25. The zero-order chi connectivity index (χ0) is 18.5. The number of hydrogen-bond acceptors (Lipinski definition) is 2. The Morgan fingerprint density at radius 2 is 1.52 bits per heavy atom. The van der Waals surface area contributed by atoms with E-state index in [9.17, 15) is 4.79 Å². The van der Waals surface area contributed by atoms with Crippen LogP contribution in [0.5, 0.6) is 0 Å². The molecule has 0 aliphatic heterocycles. The first kappa shape index (κ1) is 21.4. The fourth-order valence-electron chi connectivity index (χ4n) is 2.83. The molecule has 0 unspecified atom stereocenters. The maximum absolute atomic E-state index is 11.9. The number of carbonyl (C=O) groups excluding carboxylic acids is 1. The number of nitrogens with zero attached hydrogens (tertiary/aromatic N) is 1. The van der Waals surface area contributed by atoms with E-state index < -0.39 is 0 Å². The van der Waals surface area contributed by atoms with Crippen LogP contribution in [0.2, 0.25) is 0 Å². The SMILES string of the molecule is CCCCCCCCCCCC(=O)N/N=C(\C)c1ccc(C)c(C)c1. The van der Waals surface area contributed by atoms with Gasteiger partial charge in [0.1, 0.15) is 0 Å². The molecule has 0 aromatic heterocycles. The van der Waals surface area contributed by atoms with Gasteiger partial charge >= 0.3 is 0 Å². The Bertz CT molecular complexity index is 549. The largest absolute Gasteiger partial charge is 0.273 e. The second-order valence-electron chi connectivity index (χ2n) is 7.11. The zero-order valence-corrected chi connectivity index (χ0v) is 16.7. The highest BCUT2D eigenvalue weighted by molar-refractivity contribution is 5.99. The van der Waals surface area contributed by atoms with Crippen molar-refractivity contribution in [1.29, 1.82) is 0 Å². The molecule has 0 saturated heterocycles. The van der Waals surface area contributed by atoms with Crippen LogP contribution < -0.4 is 5.43 Å². The summed E-state index contributed by atoms with van der Waals surface area (Å²) in [6.45, 7) is 8.37. The fourth-order valence-corrected chi connectivity index (χ4v) is 2.83. The Kier molecular flexibility index (Phi) is 10.9. The Labute approximate surface area is 154 Å². The molecule has 25 heavy (non-hydrogen) atoms. The van der Waals surface area contributed by atoms with Crippen molar-refractivity contribution in [3.63, 3.8) is 0 Å². The number of nitrogens with one attached hydrogen (secondary N) is 1. The van der Waals surface area contributed by atoms with E-state index in [0.29, 0.717) is 6.42 Å². The van der Waals surface area contributed by atoms with Crippen LogP contribution in [-0.2, 0) is 4.79 Å². The third kappa shape index (κ3) is 9.42. The summed E-state index contributed by atoms with van der Waals surface area (Å²) in [6.07, 6.45) is 11.9. The van der Waals surface area contributed by atoms with Gasteiger partial charge in [-0.05, 0) is 49.9 Å². The van der Waals surface area contributed by atoms with E-state index >= 15 is 0 Å². The minimum Gasteiger partial charge on any atom is -0.273 e. The predicted octanol–water partition coefficient (Wildman–Crippen LogP) is 6.06. The molecule has 140 valence electrons. The number of aryl methyl sites for hydroxylation is 2. The first-order chi connectivity index (χ1) is 12.0. The minimum atomic E-state index is 0.0196. The van der Waals surface area contributed by atoms with Gasteiger partial charge in [0.05, 0.1) is 5.71 Å². The second kappa shape index (κ2) is 12.7. The van der Waals surface area contributed by atoms with Crippen LogP contribution in [0.1, 0.15) is 94.7 Å². The quantitative estimate of drug-likeness (QED) is 0.279. The van der Waals surface area contributed by atoms with E-state index in [0.717, 1.165) is 24.1 Å². The summed E-state index contributed by atoms with van der Waals surface area (Å²) >= 11 is 0.